The van der Waals surface area contributed by atoms with Crippen LogP contribution in [0.25, 0.3) is 0 Å². The van der Waals surface area contributed by atoms with Crippen molar-refractivity contribution in [3.8, 4) is 0 Å². The maximum atomic E-state index is 13.5. The molecule has 0 aromatic heterocycles. The average Bonchev–Trinajstić information content (AvgIpc) is 2.88. The van der Waals surface area contributed by atoms with Gasteiger partial charge < -0.3 is 15.0 Å². The van der Waals surface area contributed by atoms with Gasteiger partial charge in [-0.15, -0.1) is 0 Å². The molecule has 1 heterocycles. The molecule has 0 radical (unpaired) electrons. The van der Waals surface area contributed by atoms with Crippen LogP contribution in [-0.2, 0) is 27.3 Å². The van der Waals surface area contributed by atoms with Gasteiger partial charge in [-0.2, -0.15) is 0 Å². The summed E-state index contributed by atoms with van der Waals surface area (Å²) >= 11 is 0. The third-order valence-electron chi connectivity index (χ3n) is 5.96. The molecule has 168 valence electrons. The van der Waals surface area contributed by atoms with Crippen LogP contribution >= 0.6 is 0 Å². The summed E-state index contributed by atoms with van der Waals surface area (Å²) in [5.41, 5.74) is 3.39. The van der Waals surface area contributed by atoms with E-state index >= 15 is 0 Å². The normalized spacial score (nSPS) is 15.8. The number of rotatable bonds is 6. The topological polar surface area (TPSA) is 75.7 Å². The van der Waals surface area contributed by atoms with Crippen molar-refractivity contribution in [2.24, 2.45) is 0 Å². The van der Waals surface area contributed by atoms with E-state index in [4.69, 9.17) is 4.74 Å². The molecule has 33 heavy (non-hydrogen) atoms. The highest BCUT2D eigenvalue weighted by Crippen LogP contribution is 2.27. The molecular formula is C27H26N2O4. The maximum Gasteiger partial charge on any atom is 0.328 e. The largest absolute Gasteiger partial charge is 0.467 e. The minimum Gasteiger partial charge on any atom is -0.467 e. The predicted octanol–water partition coefficient (Wildman–Crippen LogP) is 3.67. The van der Waals surface area contributed by atoms with E-state index in [1.165, 1.54) is 7.11 Å². The van der Waals surface area contributed by atoms with E-state index in [1.54, 1.807) is 29.2 Å². The SMILES string of the molecule is COC(=O)C1Cc2ccccc2CN1C(=O)CC(NC(=O)c1ccccc1)c1ccccc1. The standard InChI is InChI=1S/C27H26N2O4/c1-33-27(32)24-16-21-14-8-9-15-22(21)18-29(24)25(30)17-23(19-10-4-2-5-11-19)28-26(31)20-12-6-3-7-13-20/h2-15,23-24H,16-18H2,1H3,(H,28,31). The van der Waals surface area contributed by atoms with Gasteiger partial charge in [0.2, 0.25) is 5.91 Å². The zero-order valence-corrected chi connectivity index (χ0v) is 18.4. The van der Waals surface area contributed by atoms with Crippen LogP contribution < -0.4 is 5.32 Å². The lowest BCUT2D eigenvalue weighted by Crippen LogP contribution is -2.50. The highest BCUT2D eigenvalue weighted by molar-refractivity contribution is 5.95. The first-order valence-electron chi connectivity index (χ1n) is 10.9. The van der Waals surface area contributed by atoms with Crippen LogP contribution in [0.3, 0.4) is 0 Å². The molecular weight excluding hydrogens is 416 g/mol. The van der Waals surface area contributed by atoms with E-state index < -0.39 is 18.1 Å². The molecule has 2 amide bonds. The molecule has 0 bridgehead atoms. The molecule has 6 heteroatoms. The number of nitrogens with one attached hydrogen (secondary N) is 1. The second-order valence-electron chi connectivity index (χ2n) is 8.04. The number of hydrogen-bond acceptors (Lipinski definition) is 4. The van der Waals surface area contributed by atoms with Crippen molar-refractivity contribution in [2.45, 2.75) is 31.5 Å². The third-order valence-corrected chi connectivity index (χ3v) is 5.96. The first-order valence-corrected chi connectivity index (χ1v) is 10.9. The van der Waals surface area contributed by atoms with Gasteiger partial charge in [0.1, 0.15) is 6.04 Å². The monoisotopic (exact) mass is 442 g/mol. The Labute approximate surface area is 193 Å². The lowest BCUT2D eigenvalue weighted by Gasteiger charge is -2.36. The van der Waals surface area contributed by atoms with Crippen molar-refractivity contribution in [3.63, 3.8) is 0 Å². The molecule has 1 N–H and O–H groups in total. The molecule has 3 aromatic carbocycles. The number of hydrogen-bond donors (Lipinski definition) is 1. The maximum absolute atomic E-state index is 13.5. The average molecular weight is 443 g/mol. The highest BCUT2D eigenvalue weighted by atomic mass is 16.5. The second kappa shape index (κ2) is 10.1. The Balaban J connectivity index is 1.59. The smallest absolute Gasteiger partial charge is 0.328 e. The number of fused-ring (bicyclic) bond motifs is 1. The van der Waals surface area contributed by atoms with E-state index in [2.05, 4.69) is 5.32 Å². The van der Waals surface area contributed by atoms with Gasteiger partial charge in [-0.25, -0.2) is 4.79 Å². The van der Waals surface area contributed by atoms with E-state index in [0.717, 1.165) is 16.7 Å². The molecule has 2 atom stereocenters. The Morgan fingerprint density at radius 2 is 1.52 bits per heavy atom. The van der Waals surface area contributed by atoms with Gasteiger partial charge in [0.05, 0.1) is 19.6 Å². The Hall–Kier alpha value is -3.93. The van der Waals surface area contributed by atoms with Gasteiger partial charge in [-0.3, -0.25) is 9.59 Å². The molecule has 0 saturated heterocycles. The Morgan fingerprint density at radius 1 is 0.909 bits per heavy atom. The van der Waals surface area contributed by atoms with Crippen LogP contribution in [0.1, 0.15) is 39.5 Å². The fourth-order valence-corrected chi connectivity index (χ4v) is 4.19. The van der Waals surface area contributed by atoms with Crippen molar-refractivity contribution < 1.29 is 19.1 Å². The van der Waals surface area contributed by atoms with E-state index in [-0.39, 0.29) is 18.2 Å². The van der Waals surface area contributed by atoms with E-state index in [1.807, 2.05) is 60.7 Å². The number of nitrogens with zero attached hydrogens (tertiary/aromatic N) is 1. The van der Waals surface area contributed by atoms with Gasteiger partial charge in [0.25, 0.3) is 5.91 Å². The van der Waals surface area contributed by atoms with Crippen LogP contribution in [0.2, 0.25) is 0 Å². The summed E-state index contributed by atoms with van der Waals surface area (Å²) in [5.74, 6) is -0.921. The minimum atomic E-state index is -0.696. The Kier molecular flexibility index (Phi) is 6.83. The zero-order chi connectivity index (χ0) is 23.2. The van der Waals surface area contributed by atoms with Crippen molar-refractivity contribution in [2.75, 3.05) is 7.11 Å². The molecule has 1 aliphatic rings. The van der Waals surface area contributed by atoms with Crippen LogP contribution in [0, 0.1) is 0 Å². The Morgan fingerprint density at radius 3 is 2.18 bits per heavy atom. The molecule has 6 nitrogen and oxygen atoms in total. The molecule has 2 unspecified atom stereocenters. The summed E-state index contributed by atoms with van der Waals surface area (Å²) in [7, 11) is 1.33. The van der Waals surface area contributed by atoms with Gasteiger partial charge in [0, 0.05) is 18.5 Å². The van der Waals surface area contributed by atoms with Crippen LogP contribution in [0.5, 0.6) is 0 Å². The van der Waals surface area contributed by atoms with Crippen molar-refractivity contribution in [1.29, 1.82) is 0 Å². The van der Waals surface area contributed by atoms with Gasteiger partial charge in [-0.05, 0) is 28.8 Å². The number of ether oxygens (including phenoxy) is 1. The third kappa shape index (κ3) is 5.12. The first-order chi connectivity index (χ1) is 16.1. The van der Waals surface area contributed by atoms with Crippen LogP contribution in [0.15, 0.2) is 84.9 Å². The fraction of sp³-hybridized carbons (Fsp3) is 0.222. The van der Waals surface area contributed by atoms with Crippen LogP contribution in [0.4, 0.5) is 0 Å². The predicted molar refractivity (Wildman–Crippen MR) is 124 cm³/mol. The quantitative estimate of drug-likeness (QED) is 0.591. The van der Waals surface area contributed by atoms with E-state index in [9.17, 15) is 14.4 Å². The number of benzene rings is 3. The van der Waals surface area contributed by atoms with Crippen LogP contribution in [-0.4, -0.2) is 35.8 Å². The Bertz CT molecular complexity index is 1130. The summed E-state index contributed by atoms with van der Waals surface area (Å²) in [6.45, 7) is 0.322. The van der Waals surface area contributed by atoms with Gasteiger partial charge >= 0.3 is 5.97 Å². The number of esters is 1. The summed E-state index contributed by atoms with van der Waals surface area (Å²) < 4.78 is 4.99. The van der Waals surface area contributed by atoms with Crippen molar-refractivity contribution in [3.05, 3.63) is 107 Å². The van der Waals surface area contributed by atoms with Gasteiger partial charge in [0.15, 0.2) is 0 Å². The molecule has 0 spiro atoms. The summed E-state index contributed by atoms with van der Waals surface area (Å²) in [6, 6.07) is 24.8. The second-order valence-corrected chi connectivity index (χ2v) is 8.04. The summed E-state index contributed by atoms with van der Waals surface area (Å²) in [4.78, 5) is 40.5. The molecule has 1 aliphatic heterocycles. The van der Waals surface area contributed by atoms with Crippen molar-refractivity contribution in [1.82, 2.24) is 10.2 Å². The highest BCUT2D eigenvalue weighted by Gasteiger charge is 2.36. The molecule has 0 fully saturated rings. The molecule has 0 saturated carbocycles. The number of methoxy groups -OCH3 is 1. The number of amides is 2. The molecule has 4 rings (SSSR count). The molecule has 0 aliphatic carbocycles. The van der Waals surface area contributed by atoms with E-state index in [0.29, 0.717) is 18.5 Å². The van der Waals surface area contributed by atoms with Crippen molar-refractivity contribution >= 4 is 17.8 Å². The fourth-order valence-electron chi connectivity index (χ4n) is 4.19. The summed E-state index contributed by atoms with van der Waals surface area (Å²) in [5, 5.41) is 2.99. The lowest BCUT2D eigenvalue weighted by molar-refractivity contribution is -0.154. The summed E-state index contributed by atoms with van der Waals surface area (Å²) in [6.07, 6.45) is 0.430. The van der Waals surface area contributed by atoms with Gasteiger partial charge in [-0.1, -0.05) is 72.8 Å². The minimum absolute atomic E-state index is 0.0260. The first kappa shape index (κ1) is 22.3. The number of carbonyl (C=O) groups is 3. The number of carbonyl (C=O) groups excluding carboxylic acids is 3. The zero-order valence-electron chi connectivity index (χ0n) is 18.4. The molecule has 3 aromatic rings. The lowest BCUT2D eigenvalue weighted by atomic mass is 9.93.